The second-order valence-corrected chi connectivity index (χ2v) is 21.3. The van der Waals surface area contributed by atoms with Crippen LogP contribution in [0.4, 0.5) is 0 Å². The monoisotopic (exact) mass is 978 g/mol. The number of hydrogen-bond acceptors (Lipinski definition) is 2. The number of aryl methyl sites for hydroxylation is 1. The minimum Gasteiger partial charge on any atom is -0.403 e. The molecule has 0 saturated carbocycles. The minimum atomic E-state index is -0.160. The van der Waals surface area contributed by atoms with Gasteiger partial charge in [0, 0.05) is 24.2 Å². The van der Waals surface area contributed by atoms with Crippen LogP contribution in [0.25, 0.3) is 65.3 Å². The first-order valence-electron chi connectivity index (χ1n) is 20.9. The van der Waals surface area contributed by atoms with Crippen LogP contribution in [0.3, 0.4) is 0 Å². The van der Waals surface area contributed by atoms with Crippen molar-refractivity contribution < 1.29 is 9.31 Å². The maximum absolute atomic E-state index is 5.54. The molecule has 2 aliphatic carbocycles. The lowest BCUT2D eigenvalue weighted by Gasteiger charge is -2.32. The molecule has 0 bridgehead atoms. The number of fused-ring (bicyclic) bond motifs is 14. The highest BCUT2D eigenvalue weighted by Gasteiger charge is 2.49. The summed E-state index contributed by atoms with van der Waals surface area (Å²) in [5.41, 5.74) is 12.3. The van der Waals surface area contributed by atoms with Gasteiger partial charge in [0.25, 0.3) is 0 Å². The maximum Gasteiger partial charge on any atom is 0.454 e. The number of benzene rings is 8. The molecule has 1 aliphatic heterocycles. The average molecular weight is 982 g/mol. The van der Waals surface area contributed by atoms with Gasteiger partial charge < -0.3 is 9.31 Å². The number of halogens is 3. The highest BCUT2D eigenvalue weighted by molar-refractivity contribution is 9.11. The lowest BCUT2D eigenvalue weighted by atomic mass is 9.81. The van der Waals surface area contributed by atoms with Crippen molar-refractivity contribution in [2.45, 2.75) is 91.2 Å². The van der Waals surface area contributed by atoms with Crippen molar-refractivity contribution in [1.82, 2.24) is 0 Å². The summed E-state index contributed by atoms with van der Waals surface area (Å²) in [5.74, 6) is 0. The van der Waals surface area contributed by atoms with E-state index < -0.39 is 0 Å². The Morgan fingerprint density at radius 3 is 0.917 bits per heavy atom. The first kappa shape index (κ1) is 41.6. The summed E-state index contributed by atoms with van der Waals surface area (Å²) in [5, 5.41) is 10.6. The minimum absolute atomic E-state index is 0.00596. The van der Waals surface area contributed by atoms with Crippen LogP contribution in [0.2, 0.25) is 6.82 Å². The zero-order chi connectivity index (χ0) is 42.7. The average Bonchev–Trinajstić information content (AvgIpc) is 3.66. The fourth-order valence-electron chi connectivity index (χ4n) is 10.0. The van der Waals surface area contributed by atoms with Gasteiger partial charge in [-0.2, -0.15) is 0 Å². The van der Waals surface area contributed by atoms with E-state index >= 15 is 0 Å². The molecule has 1 heterocycles. The van der Waals surface area contributed by atoms with Crippen LogP contribution in [0, 0.1) is 6.92 Å². The Labute approximate surface area is 380 Å². The molecule has 6 heteroatoms. The molecule has 0 amide bonds. The van der Waals surface area contributed by atoms with Crippen molar-refractivity contribution in [2.75, 3.05) is 0 Å². The summed E-state index contributed by atoms with van der Waals surface area (Å²) >= 11 is 11.4. The predicted octanol–water partition coefficient (Wildman–Crippen LogP) is 16.9. The van der Waals surface area contributed by atoms with E-state index in [4.69, 9.17) is 9.31 Å². The first-order chi connectivity index (χ1) is 28.3. The molecule has 0 spiro atoms. The van der Waals surface area contributed by atoms with E-state index in [9.17, 15) is 0 Å². The zero-order valence-corrected chi connectivity index (χ0v) is 40.8. The maximum atomic E-state index is 5.54. The van der Waals surface area contributed by atoms with Gasteiger partial charge in [-0.3, -0.25) is 0 Å². The Balaban J connectivity index is 0.000000126. The zero-order valence-electron chi connectivity index (χ0n) is 36.1. The quantitative estimate of drug-likeness (QED) is 0.141. The van der Waals surface area contributed by atoms with Gasteiger partial charge in [0.15, 0.2) is 0 Å². The van der Waals surface area contributed by atoms with Crippen LogP contribution >= 0.6 is 47.8 Å². The van der Waals surface area contributed by atoms with E-state index in [1.807, 2.05) is 6.82 Å². The molecule has 1 saturated heterocycles. The second-order valence-electron chi connectivity index (χ2n) is 18.7. The van der Waals surface area contributed by atoms with Crippen molar-refractivity contribution >= 4 is 98.0 Å². The molecule has 0 radical (unpaired) electrons. The fourth-order valence-corrected chi connectivity index (χ4v) is 11.8. The Hall–Kier alpha value is -3.78. The summed E-state index contributed by atoms with van der Waals surface area (Å²) in [4.78, 5) is 0. The van der Waals surface area contributed by atoms with Crippen molar-refractivity contribution in [3.8, 4) is 22.3 Å². The van der Waals surface area contributed by atoms with Gasteiger partial charge in [-0.15, -0.1) is 0 Å². The lowest BCUT2D eigenvalue weighted by molar-refractivity contribution is 0.00578. The molecule has 11 rings (SSSR count). The fraction of sp³-hybridized carbons (Fsp3) is 0.259. The van der Waals surface area contributed by atoms with Gasteiger partial charge in [0.2, 0.25) is 0 Å². The van der Waals surface area contributed by atoms with E-state index in [2.05, 4.69) is 231 Å². The Morgan fingerprint density at radius 2 is 0.633 bits per heavy atom. The topological polar surface area (TPSA) is 18.5 Å². The SMILES string of the molecule is CB1OC(C)(C)C(C)(C)O1.CC1(C)c2cc(Br)c3ccccc3c2-c2c1cc(Br)c1ccccc21.Cc1cc2c(c3ccccc13)-c1c(cc(Br)c3ccccc13)C2(C)C. The van der Waals surface area contributed by atoms with E-state index in [0.717, 1.165) is 0 Å². The Morgan fingerprint density at radius 1 is 0.383 bits per heavy atom. The van der Waals surface area contributed by atoms with Crippen LogP contribution < -0.4 is 0 Å². The van der Waals surface area contributed by atoms with Crippen molar-refractivity contribution in [3.05, 3.63) is 163 Å². The van der Waals surface area contributed by atoms with Gasteiger partial charge in [-0.25, -0.2) is 0 Å². The normalized spacial score (nSPS) is 17.1. The van der Waals surface area contributed by atoms with E-state index in [1.54, 1.807) is 0 Å². The molecular weight excluding hydrogens is 931 g/mol. The van der Waals surface area contributed by atoms with Crippen LogP contribution in [-0.4, -0.2) is 18.3 Å². The Kier molecular flexibility index (Phi) is 10.2. The van der Waals surface area contributed by atoms with Crippen LogP contribution in [-0.2, 0) is 20.1 Å². The number of rotatable bonds is 0. The Bertz CT molecular complexity index is 2680. The largest absolute Gasteiger partial charge is 0.454 e. The highest BCUT2D eigenvalue weighted by Crippen LogP contribution is 2.57. The molecule has 1 fully saturated rings. The molecule has 302 valence electrons. The highest BCUT2D eigenvalue weighted by atomic mass is 79.9. The predicted molar refractivity (Wildman–Crippen MR) is 268 cm³/mol. The van der Waals surface area contributed by atoms with Gasteiger partial charge in [0.05, 0.1) is 11.2 Å². The van der Waals surface area contributed by atoms with E-state index in [1.165, 1.54) is 107 Å². The van der Waals surface area contributed by atoms with Gasteiger partial charge in [-0.1, -0.05) is 179 Å². The lowest BCUT2D eigenvalue weighted by Crippen LogP contribution is -2.41. The molecule has 0 unspecified atom stereocenters. The van der Waals surface area contributed by atoms with Crippen LogP contribution in [0.1, 0.15) is 83.2 Å². The summed E-state index contributed by atoms with van der Waals surface area (Å²) in [6, 6.07) is 44.4. The third-order valence-electron chi connectivity index (χ3n) is 13.8. The van der Waals surface area contributed by atoms with Crippen LogP contribution in [0.5, 0.6) is 0 Å². The molecular formula is C54H50BBr3O2. The van der Waals surface area contributed by atoms with Crippen molar-refractivity contribution in [3.63, 3.8) is 0 Å². The molecule has 0 N–H and O–H groups in total. The summed E-state index contributed by atoms with van der Waals surface area (Å²) in [6.45, 7) is 21.7. The van der Waals surface area contributed by atoms with E-state index in [-0.39, 0.29) is 29.2 Å². The molecule has 8 aromatic rings. The number of hydrogen-bond donors (Lipinski definition) is 0. The summed E-state index contributed by atoms with van der Waals surface area (Å²) < 4.78 is 14.6. The molecule has 3 aliphatic rings. The molecule has 8 aromatic carbocycles. The molecule has 2 nitrogen and oxygen atoms in total. The molecule has 0 atom stereocenters. The van der Waals surface area contributed by atoms with Crippen molar-refractivity contribution in [2.24, 2.45) is 0 Å². The third kappa shape index (κ3) is 6.38. The second kappa shape index (κ2) is 14.7. The van der Waals surface area contributed by atoms with Gasteiger partial charge in [-0.05, 0) is 153 Å². The van der Waals surface area contributed by atoms with E-state index in [0.29, 0.717) is 0 Å². The molecule has 0 aromatic heterocycles. The molecule has 60 heavy (non-hydrogen) atoms. The van der Waals surface area contributed by atoms with Crippen molar-refractivity contribution in [1.29, 1.82) is 0 Å². The standard InChI is InChI=1S/C24H19Br.C23H16Br2.C7H15BO2/c1-14-12-19-22(17-10-6-4-8-15(14)17)23-18-11-7-5-9-16(18)21(25)13-20(23)24(19,2)3;1-23(2)17-11-19(24)13-7-3-5-9-15(13)21(17)22-16-10-6-4-8-14(16)20(25)12-18(22)23;1-6(2)7(3,4)10-8(5)9-6/h4-13H,1-3H3;3-12H,1-2H3;1-5H3. The van der Waals surface area contributed by atoms with Gasteiger partial charge >= 0.3 is 7.12 Å². The van der Waals surface area contributed by atoms with Gasteiger partial charge in [0.1, 0.15) is 0 Å². The third-order valence-corrected chi connectivity index (χ3v) is 15.8. The van der Waals surface area contributed by atoms with Crippen LogP contribution in [0.15, 0.2) is 135 Å². The smallest absolute Gasteiger partial charge is 0.403 e. The first-order valence-corrected chi connectivity index (χ1v) is 23.3. The summed E-state index contributed by atoms with van der Waals surface area (Å²) in [6.07, 6.45) is 0. The summed E-state index contributed by atoms with van der Waals surface area (Å²) in [7, 11) is -0.0648.